The predicted molar refractivity (Wildman–Crippen MR) is 104 cm³/mol. The van der Waals surface area contributed by atoms with Crippen molar-refractivity contribution in [2.45, 2.75) is 43.5 Å². The second-order valence-electron chi connectivity index (χ2n) is 7.71. The van der Waals surface area contributed by atoms with Crippen molar-refractivity contribution < 1.29 is 28.2 Å². The number of amides is 1. The lowest BCUT2D eigenvalue weighted by molar-refractivity contribution is -0.141. The summed E-state index contributed by atoms with van der Waals surface area (Å²) in [6.45, 7) is -0.269. The summed E-state index contributed by atoms with van der Waals surface area (Å²) in [6, 6.07) is 4.75. The quantitative estimate of drug-likeness (QED) is 0.581. The highest BCUT2D eigenvalue weighted by Crippen LogP contribution is 2.35. The molecule has 164 valence electrons. The first kappa shape index (κ1) is 21.2. The van der Waals surface area contributed by atoms with Gasteiger partial charge in [0, 0.05) is 11.6 Å². The zero-order valence-corrected chi connectivity index (χ0v) is 16.3. The summed E-state index contributed by atoms with van der Waals surface area (Å²) in [7, 11) is 0. The molecule has 0 spiro atoms. The van der Waals surface area contributed by atoms with Gasteiger partial charge in [-0.15, -0.1) is 0 Å². The Morgan fingerprint density at radius 2 is 2.03 bits per heavy atom. The van der Waals surface area contributed by atoms with Crippen LogP contribution in [0.5, 0.6) is 0 Å². The Morgan fingerprint density at radius 3 is 2.71 bits per heavy atom. The van der Waals surface area contributed by atoms with E-state index in [0.29, 0.717) is 36.6 Å². The number of hydrogen-bond donors (Lipinski definition) is 3. The van der Waals surface area contributed by atoms with Crippen LogP contribution in [0.15, 0.2) is 36.7 Å². The zero-order chi connectivity index (χ0) is 22.2. The Labute approximate surface area is 174 Å². The molecule has 0 radical (unpaired) electrons. The molecule has 3 aromatic heterocycles. The molecular formula is C20H20F3N5O3. The summed E-state index contributed by atoms with van der Waals surface area (Å²) in [4.78, 5) is 19.8. The van der Waals surface area contributed by atoms with Crippen LogP contribution in [0.1, 0.15) is 47.9 Å². The smallest absolute Gasteiger partial charge is 0.393 e. The fraction of sp³-hybridized carbons (Fsp3) is 0.400. The number of hydrogen-bond acceptors (Lipinski definition) is 6. The van der Waals surface area contributed by atoms with Gasteiger partial charge in [-0.25, -0.2) is 9.97 Å². The average Bonchev–Trinajstić information content (AvgIpc) is 3.17. The first-order chi connectivity index (χ1) is 14.7. The number of fused-ring (bicyclic) bond motifs is 1. The van der Waals surface area contributed by atoms with Crippen LogP contribution < -0.4 is 5.32 Å². The number of alkyl halides is 3. The largest absolute Gasteiger partial charge is 0.433 e. The Balaban J connectivity index is 1.49. The van der Waals surface area contributed by atoms with E-state index >= 15 is 0 Å². The predicted octanol–water partition coefficient (Wildman–Crippen LogP) is 2.94. The molecule has 8 nitrogen and oxygen atoms in total. The van der Waals surface area contributed by atoms with E-state index in [4.69, 9.17) is 0 Å². The molecule has 0 atom stereocenters. The monoisotopic (exact) mass is 435 g/mol. The summed E-state index contributed by atoms with van der Waals surface area (Å²) in [5, 5.41) is 27.1. The summed E-state index contributed by atoms with van der Waals surface area (Å²) in [6.07, 6.45) is 0.861. The van der Waals surface area contributed by atoms with Gasteiger partial charge in [-0.2, -0.15) is 18.3 Å². The Kier molecular flexibility index (Phi) is 5.40. The summed E-state index contributed by atoms with van der Waals surface area (Å²) < 4.78 is 40.2. The number of halogens is 3. The van der Waals surface area contributed by atoms with Gasteiger partial charge in [0.15, 0.2) is 0 Å². The van der Waals surface area contributed by atoms with E-state index in [1.165, 1.54) is 12.3 Å². The van der Waals surface area contributed by atoms with Gasteiger partial charge < -0.3 is 15.5 Å². The molecule has 0 saturated heterocycles. The summed E-state index contributed by atoms with van der Waals surface area (Å²) in [5.74, 6) is -0.643. The third kappa shape index (κ3) is 4.52. The molecule has 11 heteroatoms. The summed E-state index contributed by atoms with van der Waals surface area (Å²) >= 11 is 0. The SMILES string of the molecule is O=C(Nc1cc2cn(C3CCC(O)(CO)CC3)nc2cn1)c1cccc(C(F)(F)F)n1. The molecule has 4 rings (SSSR count). The molecule has 1 amide bonds. The van der Waals surface area contributed by atoms with Crippen LogP contribution in [-0.4, -0.2) is 48.1 Å². The number of rotatable bonds is 4. The highest BCUT2D eigenvalue weighted by Gasteiger charge is 2.34. The Hall–Kier alpha value is -3.05. The number of pyridine rings is 2. The Morgan fingerprint density at radius 1 is 1.29 bits per heavy atom. The lowest BCUT2D eigenvalue weighted by Gasteiger charge is -2.34. The van der Waals surface area contributed by atoms with Crippen LogP contribution in [0.3, 0.4) is 0 Å². The highest BCUT2D eigenvalue weighted by atomic mass is 19.4. The minimum Gasteiger partial charge on any atom is -0.393 e. The molecule has 1 saturated carbocycles. The van der Waals surface area contributed by atoms with Crippen molar-refractivity contribution in [1.29, 1.82) is 0 Å². The van der Waals surface area contributed by atoms with E-state index in [9.17, 15) is 28.2 Å². The van der Waals surface area contributed by atoms with Crippen LogP contribution in [0.2, 0.25) is 0 Å². The molecule has 31 heavy (non-hydrogen) atoms. The molecule has 0 aromatic carbocycles. The standard InChI is InChI=1S/C20H20F3N5O3/c21-20(22,23)16-3-1-2-14(25-16)18(30)26-17-8-12-10-28(27-15(12)9-24-17)13-4-6-19(31,11-29)7-5-13/h1-3,8-10,13,29,31H,4-7,11H2,(H,26,30). The number of aliphatic hydroxyl groups is 2. The number of aromatic nitrogens is 4. The number of nitrogens with zero attached hydrogens (tertiary/aromatic N) is 4. The maximum Gasteiger partial charge on any atom is 0.433 e. The molecule has 0 aliphatic heterocycles. The van der Waals surface area contributed by atoms with Crippen molar-refractivity contribution >= 4 is 22.6 Å². The van der Waals surface area contributed by atoms with E-state index in [2.05, 4.69) is 20.4 Å². The Bertz CT molecular complexity index is 1110. The third-order valence-electron chi connectivity index (χ3n) is 5.48. The van der Waals surface area contributed by atoms with Crippen LogP contribution in [0.25, 0.3) is 10.9 Å². The minimum atomic E-state index is -4.64. The average molecular weight is 435 g/mol. The van der Waals surface area contributed by atoms with Gasteiger partial charge in [0.05, 0.1) is 24.4 Å². The molecule has 1 fully saturated rings. The number of carbonyl (C=O) groups is 1. The zero-order valence-electron chi connectivity index (χ0n) is 16.3. The van der Waals surface area contributed by atoms with Crippen LogP contribution in [-0.2, 0) is 6.18 Å². The van der Waals surface area contributed by atoms with Crippen molar-refractivity contribution in [1.82, 2.24) is 19.7 Å². The van der Waals surface area contributed by atoms with Gasteiger partial charge in [-0.05, 0) is 43.9 Å². The maximum atomic E-state index is 12.8. The molecule has 3 heterocycles. The molecule has 0 bridgehead atoms. The van der Waals surface area contributed by atoms with Gasteiger partial charge in [0.25, 0.3) is 5.91 Å². The minimum absolute atomic E-state index is 0.0616. The second-order valence-corrected chi connectivity index (χ2v) is 7.71. The highest BCUT2D eigenvalue weighted by molar-refractivity contribution is 6.03. The topological polar surface area (TPSA) is 113 Å². The first-order valence-electron chi connectivity index (χ1n) is 9.71. The van der Waals surface area contributed by atoms with E-state index < -0.39 is 23.4 Å². The van der Waals surface area contributed by atoms with Crippen molar-refractivity contribution in [2.75, 3.05) is 11.9 Å². The van der Waals surface area contributed by atoms with Crippen LogP contribution >= 0.6 is 0 Å². The fourth-order valence-electron chi connectivity index (χ4n) is 3.66. The van der Waals surface area contributed by atoms with E-state index in [1.807, 2.05) is 0 Å². The van der Waals surface area contributed by atoms with Crippen LogP contribution in [0, 0.1) is 0 Å². The molecule has 0 unspecified atom stereocenters. The van der Waals surface area contributed by atoms with E-state index in [1.54, 1.807) is 16.9 Å². The van der Waals surface area contributed by atoms with Gasteiger partial charge in [0.1, 0.15) is 22.7 Å². The van der Waals surface area contributed by atoms with E-state index in [-0.39, 0.29) is 24.2 Å². The lowest BCUT2D eigenvalue weighted by atomic mass is 9.83. The molecular weight excluding hydrogens is 415 g/mol. The third-order valence-corrected chi connectivity index (χ3v) is 5.48. The number of carbonyl (C=O) groups excluding carboxylic acids is 1. The van der Waals surface area contributed by atoms with Crippen molar-refractivity contribution in [3.8, 4) is 0 Å². The van der Waals surface area contributed by atoms with Gasteiger partial charge in [0.2, 0.25) is 0 Å². The number of nitrogens with one attached hydrogen (secondary N) is 1. The molecule has 3 N–H and O–H groups in total. The number of aliphatic hydroxyl groups excluding tert-OH is 1. The molecule has 1 aliphatic carbocycles. The van der Waals surface area contributed by atoms with Crippen LogP contribution in [0.4, 0.5) is 19.0 Å². The molecule has 1 aliphatic rings. The van der Waals surface area contributed by atoms with Crippen molar-refractivity contribution in [3.63, 3.8) is 0 Å². The first-order valence-corrected chi connectivity index (χ1v) is 9.71. The second kappa shape index (κ2) is 7.89. The lowest BCUT2D eigenvalue weighted by Crippen LogP contribution is -2.38. The van der Waals surface area contributed by atoms with Gasteiger partial charge >= 0.3 is 6.18 Å². The maximum absolute atomic E-state index is 12.8. The summed E-state index contributed by atoms with van der Waals surface area (Å²) in [5.41, 5.74) is -1.96. The van der Waals surface area contributed by atoms with Gasteiger partial charge in [-0.3, -0.25) is 9.48 Å². The van der Waals surface area contributed by atoms with Gasteiger partial charge in [-0.1, -0.05) is 6.07 Å². The number of anilines is 1. The van der Waals surface area contributed by atoms with E-state index in [0.717, 1.165) is 12.1 Å². The molecule has 3 aromatic rings. The van der Waals surface area contributed by atoms with Crippen molar-refractivity contribution in [3.05, 3.63) is 48.0 Å². The normalized spacial score (nSPS) is 21.9. The fourth-order valence-corrected chi connectivity index (χ4v) is 3.66. The van der Waals surface area contributed by atoms with Crippen molar-refractivity contribution in [2.24, 2.45) is 0 Å².